The molecule has 2 aromatic heterocycles. The average molecular weight is 519 g/mol. The van der Waals surface area contributed by atoms with Gasteiger partial charge in [0.25, 0.3) is 0 Å². The van der Waals surface area contributed by atoms with Crippen LogP contribution in [0, 0.1) is 0 Å². The Hall–Kier alpha value is -3.39. The fourth-order valence-corrected chi connectivity index (χ4v) is 3.46. The van der Waals surface area contributed by atoms with Crippen LogP contribution in [-0.4, -0.2) is 34.4 Å². The average Bonchev–Trinajstić information content (AvgIpc) is 3.55. The van der Waals surface area contributed by atoms with Crippen LogP contribution in [0.3, 0.4) is 0 Å². The molecule has 2 N–H and O–H groups in total. The Morgan fingerprint density at radius 3 is 1.30 bits per heavy atom. The summed E-state index contributed by atoms with van der Waals surface area (Å²) in [5.41, 5.74) is 1.32. The van der Waals surface area contributed by atoms with Gasteiger partial charge in [0.1, 0.15) is 0 Å². The molecule has 4 rings (SSSR count). The SMILES string of the molecule is O/C(=N/N=C/c1cccs1)c1ccccc1.O/C(=N/N=C/c1cccs1)c1ccccc1.[Ni]. The first-order chi connectivity index (χ1) is 15.7. The summed E-state index contributed by atoms with van der Waals surface area (Å²) in [4.78, 5) is 2.01. The van der Waals surface area contributed by atoms with Crippen molar-refractivity contribution in [2.45, 2.75) is 0 Å². The zero-order valence-corrected chi connectivity index (χ0v) is 19.8. The number of aliphatic hydroxyl groups excluding tert-OH is 2. The van der Waals surface area contributed by atoms with Crippen molar-refractivity contribution in [3.8, 4) is 0 Å². The van der Waals surface area contributed by atoms with Crippen LogP contribution < -0.4 is 0 Å². The van der Waals surface area contributed by atoms with Crippen molar-refractivity contribution in [3.63, 3.8) is 0 Å². The van der Waals surface area contributed by atoms with Gasteiger partial charge in [-0.05, 0) is 47.2 Å². The van der Waals surface area contributed by atoms with E-state index in [1.165, 1.54) is 0 Å². The number of aliphatic hydroxyl groups is 2. The van der Waals surface area contributed by atoms with Gasteiger partial charge in [-0.3, -0.25) is 0 Å². The van der Waals surface area contributed by atoms with Crippen LogP contribution in [0.1, 0.15) is 20.9 Å². The summed E-state index contributed by atoms with van der Waals surface area (Å²) in [5, 5.41) is 38.2. The van der Waals surface area contributed by atoms with Gasteiger partial charge in [0.05, 0.1) is 12.4 Å². The number of hydrogen-bond donors (Lipinski definition) is 2. The van der Waals surface area contributed by atoms with Crippen molar-refractivity contribution in [2.24, 2.45) is 20.4 Å². The fourth-order valence-electron chi connectivity index (χ4n) is 2.30. The van der Waals surface area contributed by atoms with Crippen LogP contribution in [0.25, 0.3) is 0 Å². The van der Waals surface area contributed by atoms with E-state index in [9.17, 15) is 10.2 Å². The summed E-state index contributed by atoms with van der Waals surface area (Å²) in [6.07, 6.45) is 3.23. The predicted octanol–water partition coefficient (Wildman–Crippen LogP) is 6.17. The van der Waals surface area contributed by atoms with Gasteiger partial charge in [0, 0.05) is 37.4 Å². The molecule has 6 nitrogen and oxygen atoms in total. The minimum Gasteiger partial charge on any atom is -0.492 e. The third kappa shape index (κ3) is 9.33. The number of hydrogen-bond acceptors (Lipinski definition) is 6. The Bertz CT molecular complexity index is 1080. The fraction of sp³-hybridized carbons (Fsp3) is 0. The largest absolute Gasteiger partial charge is 0.492 e. The van der Waals surface area contributed by atoms with E-state index < -0.39 is 0 Å². The molecule has 0 amide bonds. The van der Waals surface area contributed by atoms with Crippen molar-refractivity contribution in [3.05, 3.63) is 117 Å². The normalized spacial score (nSPS) is 11.8. The predicted molar refractivity (Wildman–Crippen MR) is 135 cm³/mol. The Balaban J connectivity index is 0.000000227. The minimum absolute atomic E-state index is 0. The van der Waals surface area contributed by atoms with Gasteiger partial charge in [-0.25, -0.2) is 0 Å². The van der Waals surface area contributed by atoms with Crippen LogP contribution in [0.2, 0.25) is 0 Å². The third-order valence-corrected chi connectivity index (χ3v) is 5.44. The number of rotatable bonds is 6. The van der Waals surface area contributed by atoms with Crippen molar-refractivity contribution < 1.29 is 26.7 Å². The first-order valence-electron chi connectivity index (χ1n) is 9.50. The summed E-state index contributed by atoms with van der Waals surface area (Å²) in [6, 6.07) is 26.0. The number of benzene rings is 2. The monoisotopic (exact) mass is 518 g/mol. The van der Waals surface area contributed by atoms with Crippen molar-refractivity contribution in [1.29, 1.82) is 0 Å². The van der Waals surface area contributed by atoms with Gasteiger partial charge in [0.2, 0.25) is 11.8 Å². The molecule has 0 bridgehead atoms. The van der Waals surface area contributed by atoms with E-state index in [1.807, 2.05) is 71.4 Å². The Kier molecular flexibility index (Phi) is 11.5. The van der Waals surface area contributed by atoms with E-state index in [2.05, 4.69) is 20.4 Å². The molecule has 33 heavy (non-hydrogen) atoms. The topological polar surface area (TPSA) is 89.9 Å². The summed E-state index contributed by atoms with van der Waals surface area (Å²) in [7, 11) is 0. The molecule has 170 valence electrons. The van der Waals surface area contributed by atoms with E-state index in [-0.39, 0.29) is 28.3 Å². The molecule has 0 aliphatic rings. The Morgan fingerprint density at radius 2 is 0.970 bits per heavy atom. The number of nitrogens with zero attached hydrogens (tertiary/aromatic N) is 4. The smallest absolute Gasteiger partial charge is 0.238 e. The van der Waals surface area contributed by atoms with Crippen molar-refractivity contribution in [2.75, 3.05) is 0 Å². The van der Waals surface area contributed by atoms with E-state index in [4.69, 9.17) is 0 Å². The summed E-state index contributed by atoms with van der Waals surface area (Å²) in [6.45, 7) is 0. The van der Waals surface area contributed by atoms with Gasteiger partial charge in [-0.15, -0.1) is 32.9 Å². The maximum atomic E-state index is 9.59. The summed E-state index contributed by atoms with van der Waals surface area (Å²) < 4.78 is 0. The second kappa shape index (κ2) is 14.6. The van der Waals surface area contributed by atoms with Gasteiger partial charge in [-0.2, -0.15) is 10.2 Å². The third-order valence-electron chi connectivity index (χ3n) is 3.83. The molecular weight excluding hydrogens is 499 g/mol. The first-order valence-corrected chi connectivity index (χ1v) is 11.3. The molecule has 0 fully saturated rings. The molecule has 0 radical (unpaired) electrons. The zero-order chi connectivity index (χ0) is 22.4. The molecule has 2 aromatic carbocycles. The van der Waals surface area contributed by atoms with Gasteiger partial charge < -0.3 is 10.2 Å². The molecule has 0 aliphatic heterocycles. The second-order valence-electron chi connectivity index (χ2n) is 6.10. The molecule has 0 unspecified atom stereocenters. The summed E-state index contributed by atoms with van der Waals surface area (Å²) in [5.74, 6) is -0.151. The van der Waals surface area contributed by atoms with Crippen molar-refractivity contribution >= 4 is 46.9 Å². The maximum absolute atomic E-state index is 9.59. The molecule has 0 atom stereocenters. The standard InChI is InChI=1S/2C12H10N2OS.Ni/c2*15-12(10-5-2-1-3-6-10)14-13-9-11-7-4-8-16-11;/h2*1-9H,(H,14,15);/b2*13-9+;. The van der Waals surface area contributed by atoms with E-state index in [0.717, 1.165) is 9.75 Å². The molecule has 4 aromatic rings. The van der Waals surface area contributed by atoms with Crippen LogP contribution in [0.15, 0.2) is 116 Å². The van der Waals surface area contributed by atoms with Gasteiger partial charge in [0.15, 0.2) is 0 Å². The number of thiophene rings is 2. The Morgan fingerprint density at radius 1 is 0.576 bits per heavy atom. The van der Waals surface area contributed by atoms with E-state index >= 15 is 0 Å². The van der Waals surface area contributed by atoms with Crippen LogP contribution in [0.5, 0.6) is 0 Å². The quantitative estimate of drug-likeness (QED) is 0.138. The molecule has 0 saturated carbocycles. The van der Waals surface area contributed by atoms with Gasteiger partial charge >= 0.3 is 0 Å². The maximum Gasteiger partial charge on any atom is 0.238 e. The first kappa shape index (κ1) is 25.9. The van der Waals surface area contributed by atoms with E-state index in [0.29, 0.717) is 11.1 Å². The Labute approximate surface area is 210 Å². The molecule has 9 heteroatoms. The molecule has 0 aliphatic carbocycles. The second-order valence-corrected chi connectivity index (χ2v) is 8.06. The minimum atomic E-state index is -0.0755. The molecule has 0 saturated heterocycles. The summed E-state index contributed by atoms with van der Waals surface area (Å²) >= 11 is 3.14. The van der Waals surface area contributed by atoms with Crippen LogP contribution >= 0.6 is 22.7 Å². The van der Waals surface area contributed by atoms with Crippen LogP contribution in [-0.2, 0) is 16.5 Å². The van der Waals surface area contributed by atoms with Gasteiger partial charge in [-0.1, -0.05) is 48.5 Å². The molecule has 0 spiro atoms. The van der Waals surface area contributed by atoms with E-state index in [1.54, 1.807) is 59.4 Å². The zero-order valence-electron chi connectivity index (χ0n) is 17.2. The molecule has 2 heterocycles. The molecular formula is C24H20N4NiO2S2. The van der Waals surface area contributed by atoms with Crippen molar-refractivity contribution in [1.82, 2.24) is 0 Å². The van der Waals surface area contributed by atoms with Crippen LogP contribution in [0.4, 0.5) is 0 Å².